The lowest BCUT2D eigenvalue weighted by atomic mass is 9.90. The van der Waals surface area contributed by atoms with Crippen LogP contribution in [0.3, 0.4) is 0 Å². The predicted octanol–water partition coefficient (Wildman–Crippen LogP) is 2.26. The Bertz CT molecular complexity index is 1060. The van der Waals surface area contributed by atoms with E-state index in [1.54, 1.807) is 29.3 Å². The number of nitrogens with zero attached hydrogens (tertiary/aromatic N) is 4. The first-order chi connectivity index (χ1) is 15.2. The van der Waals surface area contributed by atoms with Gasteiger partial charge in [-0.25, -0.2) is 15.0 Å². The highest BCUT2D eigenvalue weighted by molar-refractivity contribution is 7.10. The zero-order valence-corrected chi connectivity index (χ0v) is 17.9. The van der Waals surface area contributed by atoms with E-state index in [0.29, 0.717) is 22.9 Å². The number of aliphatic hydroxyl groups excluding tert-OH is 1. The summed E-state index contributed by atoms with van der Waals surface area (Å²) in [6.07, 6.45) is 6.56. The molecule has 0 aromatic carbocycles. The molecule has 3 N–H and O–H groups in total. The number of nitrogen functional groups attached to an aromatic ring is 1. The van der Waals surface area contributed by atoms with Crippen molar-refractivity contribution in [2.75, 3.05) is 19.5 Å². The normalized spacial score (nSPS) is 30.9. The van der Waals surface area contributed by atoms with E-state index in [2.05, 4.69) is 44.6 Å². The summed E-state index contributed by atoms with van der Waals surface area (Å²) < 4.78 is 19.8. The van der Waals surface area contributed by atoms with E-state index in [9.17, 15) is 5.11 Å². The fourth-order valence-corrected chi connectivity index (χ4v) is 5.28. The van der Waals surface area contributed by atoms with Gasteiger partial charge in [-0.15, -0.1) is 11.3 Å². The van der Waals surface area contributed by atoms with Crippen molar-refractivity contribution in [3.63, 3.8) is 0 Å². The zero-order valence-electron chi connectivity index (χ0n) is 17.1. The number of rotatable bonds is 6. The number of methoxy groups -OCH3 is 1. The summed E-state index contributed by atoms with van der Waals surface area (Å²) in [4.78, 5) is 13.9. The van der Waals surface area contributed by atoms with Crippen LogP contribution in [0.5, 0.6) is 0 Å². The van der Waals surface area contributed by atoms with Gasteiger partial charge in [-0.2, -0.15) is 0 Å². The molecule has 5 rings (SSSR count). The lowest BCUT2D eigenvalue weighted by Crippen LogP contribution is -2.37. The van der Waals surface area contributed by atoms with Crippen molar-refractivity contribution < 1.29 is 19.3 Å². The van der Waals surface area contributed by atoms with E-state index >= 15 is 0 Å². The van der Waals surface area contributed by atoms with Crippen molar-refractivity contribution in [2.45, 2.75) is 49.4 Å². The van der Waals surface area contributed by atoms with Gasteiger partial charge in [0.15, 0.2) is 17.7 Å². The molecule has 1 saturated heterocycles. The fourth-order valence-electron chi connectivity index (χ4n) is 4.38. The Balaban J connectivity index is 1.32. The molecule has 2 aliphatic rings. The van der Waals surface area contributed by atoms with Crippen LogP contribution in [-0.4, -0.2) is 62.8 Å². The summed E-state index contributed by atoms with van der Waals surface area (Å²) in [5, 5.41) is 13.0. The minimum Gasteiger partial charge on any atom is -0.387 e. The molecular weight excluding hydrogens is 418 g/mol. The Hall–Kier alpha value is -2.37. The van der Waals surface area contributed by atoms with Crippen LogP contribution in [0.15, 0.2) is 42.3 Å². The Morgan fingerprint density at radius 2 is 2.16 bits per heavy atom. The van der Waals surface area contributed by atoms with E-state index in [0.717, 1.165) is 12.8 Å². The third kappa shape index (κ3) is 3.74. The summed E-state index contributed by atoms with van der Waals surface area (Å²) in [6, 6.07) is 4.22. The number of anilines is 1. The molecule has 0 amide bonds. The molecule has 6 atom stereocenters. The summed E-state index contributed by atoms with van der Waals surface area (Å²) >= 11 is 1.75. The molecular formula is C21H25N5O4S. The maximum absolute atomic E-state index is 10.9. The van der Waals surface area contributed by atoms with Crippen molar-refractivity contribution in [1.82, 2.24) is 19.5 Å². The zero-order chi connectivity index (χ0) is 21.4. The molecule has 0 bridgehead atoms. The fraction of sp³-hybridized carbons (Fsp3) is 0.476. The highest BCUT2D eigenvalue weighted by atomic mass is 32.1. The molecule has 10 heteroatoms. The molecule has 0 radical (unpaired) electrons. The first-order valence-corrected chi connectivity index (χ1v) is 11.1. The second-order valence-corrected chi connectivity index (χ2v) is 8.75. The number of imidazole rings is 1. The van der Waals surface area contributed by atoms with E-state index < -0.39 is 24.5 Å². The van der Waals surface area contributed by atoms with Crippen molar-refractivity contribution in [3.05, 3.63) is 47.2 Å². The third-order valence-electron chi connectivity index (χ3n) is 6.00. The van der Waals surface area contributed by atoms with E-state index in [1.807, 2.05) is 0 Å². The van der Waals surface area contributed by atoms with Crippen LogP contribution < -0.4 is 5.73 Å². The molecule has 0 unspecified atom stereocenters. The number of fused-ring (bicyclic) bond motifs is 1. The van der Waals surface area contributed by atoms with E-state index in [1.165, 1.54) is 11.2 Å². The average Bonchev–Trinajstić information content (AvgIpc) is 3.52. The molecule has 0 spiro atoms. The first kappa shape index (κ1) is 20.5. The number of thiophene rings is 1. The number of hydrogen-bond donors (Lipinski definition) is 2. The average molecular weight is 444 g/mol. The number of hydrogen-bond acceptors (Lipinski definition) is 9. The molecule has 1 aliphatic heterocycles. The van der Waals surface area contributed by atoms with Crippen LogP contribution >= 0.6 is 11.3 Å². The lowest BCUT2D eigenvalue weighted by Gasteiger charge is -2.29. The minimum atomic E-state index is -0.856. The number of nitrogens with two attached hydrogens (primary N) is 1. The monoisotopic (exact) mass is 443 g/mol. The van der Waals surface area contributed by atoms with Crippen molar-refractivity contribution in [2.24, 2.45) is 0 Å². The lowest BCUT2D eigenvalue weighted by molar-refractivity contribution is -0.0860. The van der Waals surface area contributed by atoms with Gasteiger partial charge in [-0.3, -0.25) is 4.57 Å². The van der Waals surface area contributed by atoms with Gasteiger partial charge in [0.1, 0.15) is 30.2 Å². The number of aliphatic hydroxyl groups is 1. The molecule has 3 aromatic heterocycles. The van der Waals surface area contributed by atoms with Crippen LogP contribution in [0, 0.1) is 0 Å². The van der Waals surface area contributed by atoms with Crippen molar-refractivity contribution in [1.29, 1.82) is 0 Å². The first-order valence-electron chi connectivity index (χ1n) is 10.3. The van der Waals surface area contributed by atoms with Gasteiger partial charge in [0.05, 0.1) is 19.0 Å². The molecule has 0 saturated carbocycles. The standard InChI is InChI=1S/C21H25N5O4S/c1-28-18-17(27)14(9-29-13-6-3-2-5-12(13)15-7-4-8-31-15)30-21(18)26-11-25-16-19(22)23-10-24-20(16)26/h2-4,7-8,10-14,17-18,21,27H,5-6,9H2,1H3,(H2,22,23,24)/t12-,13-,14+,17+,18+,21+/m0/s1. The van der Waals surface area contributed by atoms with Crippen LogP contribution in [0.4, 0.5) is 5.82 Å². The van der Waals surface area contributed by atoms with Crippen LogP contribution in [0.25, 0.3) is 11.2 Å². The molecule has 164 valence electrons. The largest absolute Gasteiger partial charge is 0.387 e. The van der Waals surface area contributed by atoms with Gasteiger partial charge in [0.2, 0.25) is 0 Å². The summed E-state index contributed by atoms with van der Waals surface area (Å²) in [7, 11) is 1.55. The van der Waals surface area contributed by atoms with Crippen molar-refractivity contribution >= 4 is 28.3 Å². The quantitative estimate of drug-likeness (QED) is 0.557. The van der Waals surface area contributed by atoms with Gasteiger partial charge in [0, 0.05) is 17.9 Å². The number of aromatic nitrogens is 4. The van der Waals surface area contributed by atoms with E-state index in [-0.39, 0.29) is 12.7 Å². The maximum Gasteiger partial charge on any atom is 0.167 e. The van der Waals surface area contributed by atoms with Crippen molar-refractivity contribution in [3.8, 4) is 0 Å². The predicted molar refractivity (Wildman–Crippen MR) is 116 cm³/mol. The molecule has 1 fully saturated rings. The molecule has 9 nitrogen and oxygen atoms in total. The smallest absolute Gasteiger partial charge is 0.167 e. The Morgan fingerprint density at radius 3 is 2.97 bits per heavy atom. The number of allylic oxidation sites excluding steroid dienone is 1. The molecule has 4 heterocycles. The van der Waals surface area contributed by atoms with E-state index in [4.69, 9.17) is 19.9 Å². The highest BCUT2D eigenvalue weighted by Crippen LogP contribution is 2.37. The van der Waals surface area contributed by atoms with Crippen LogP contribution in [0.1, 0.15) is 29.9 Å². The highest BCUT2D eigenvalue weighted by Gasteiger charge is 2.46. The van der Waals surface area contributed by atoms with Gasteiger partial charge < -0.3 is 25.1 Å². The summed E-state index contributed by atoms with van der Waals surface area (Å²) in [5.74, 6) is 0.607. The molecule has 1 aliphatic carbocycles. The van der Waals surface area contributed by atoms with Gasteiger partial charge >= 0.3 is 0 Å². The Labute approximate surface area is 183 Å². The second kappa shape index (κ2) is 8.64. The molecule has 31 heavy (non-hydrogen) atoms. The SMILES string of the molecule is CO[C@@H]1[C@H](O)[C@@H](CO[C@H]2CC=CC[C@@H]2c2cccs2)O[C@H]1n1cnc2c(N)ncnc21. The topological polar surface area (TPSA) is 118 Å². The van der Waals surface area contributed by atoms with Crippen LogP contribution in [0.2, 0.25) is 0 Å². The van der Waals surface area contributed by atoms with Gasteiger partial charge in [-0.1, -0.05) is 18.2 Å². The third-order valence-corrected chi connectivity index (χ3v) is 7.01. The number of ether oxygens (including phenoxy) is 3. The summed E-state index contributed by atoms with van der Waals surface area (Å²) in [6.45, 7) is 0.266. The summed E-state index contributed by atoms with van der Waals surface area (Å²) in [5.41, 5.74) is 6.92. The Kier molecular flexibility index (Phi) is 5.72. The van der Waals surface area contributed by atoms with Crippen LogP contribution in [-0.2, 0) is 14.2 Å². The van der Waals surface area contributed by atoms with Gasteiger partial charge in [-0.05, 0) is 24.3 Å². The molecule has 3 aromatic rings. The van der Waals surface area contributed by atoms with Gasteiger partial charge in [0.25, 0.3) is 0 Å². The minimum absolute atomic E-state index is 0.0427. The second-order valence-electron chi connectivity index (χ2n) is 7.78. The Morgan fingerprint density at radius 1 is 1.29 bits per heavy atom. The maximum atomic E-state index is 10.9.